The van der Waals surface area contributed by atoms with Crippen molar-refractivity contribution in [3.8, 4) is 5.75 Å². The Balaban J connectivity index is 1.83. The van der Waals surface area contributed by atoms with E-state index in [1.54, 1.807) is 32.2 Å². The second-order valence-electron chi connectivity index (χ2n) is 6.45. The molecule has 0 amide bonds. The smallest absolute Gasteiger partial charge is 0.243 e. The van der Waals surface area contributed by atoms with Gasteiger partial charge in [-0.05, 0) is 48.2 Å². The van der Waals surface area contributed by atoms with Gasteiger partial charge < -0.3 is 9.47 Å². The van der Waals surface area contributed by atoms with Gasteiger partial charge in [0.05, 0.1) is 24.7 Å². The lowest BCUT2D eigenvalue weighted by atomic mass is 10.1. The molecule has 2 aromatic rings. The zero-order valence-electron chi connectivity index (χ0n) is 15.4. The van der Waals surface area contributed by atoms with Gasteiger partial charge in [-0.3, -0.25) is 0 Å². The maximum atomic E-state index is 13.1. The second kappa shape index (κ2) is 7.78. The minimum atomic E-state index is -3.57. The molecule has 1 atom stereocenters. The summed E-state index contributed by atoms with van der Waals surface area (Å²) in [6, 6.07) is 13.2. The van der Waals surface area contributed by atoms with Crippen molar-refractivity contribution in [2.45, 2.75) is 31.3 Å². The molecule has 3 rings (SSSR count). The summed E-state index contributed by atoms with van der Waals surface area (Å²) in [6.07, 6.45) is 0.728. The van der Waals surface area contributed by atoms with Crippen LogP contribution in [0.15, 0.2) is 47.4 Å². The lowest BCUT2D eigenvalue weighted by Gasteiger charge is -2.32. The Bertz CT molecular complexity index is 862. The van der Waals surface area contributed by atoms with Gasteiger partial charge >= 0.3 is 0 Å². The number of methoxy groups -OCH3 is 1. The van der Waals surface area contributed by atoms with Crippen LogP contribution in [0.25, 0.3) is 0 Å². The Hall–Kier alpha value is -1.89. The first-order valence-corrected chi connectivity index (χ1v) is 10.2. The van der Waals surface area contributed by atoms with E-state index in [9.17, 15) is 8.42 Å². The SMILES string of the molecule is CCc1ccc(C2CN(S(=O)(=O)c3ccc(OC)cc3C)CCO2)cc1. The Kier molecular flexibility index (Phi) is 5.65. The summed E-state index contributed by atoms with van der Waals surface area (Å²) >= 11 is 0. The molecule has 0 aromatic heterocycles. The fourth-order valence-corrected chi connectivity index (χ4v) is 4.82. The standard InChI is InChI=1S/C20H25NO4S/c1-4-16-5-7-17(8-6-16)19-14-21(11-12-25-19)26(22,23)20-10-9-18(24-3)13-15(20)2/h5-10,13,19H,4,11-12,14H2,1-3H3. The Labute approximate surface area is 155 Å². The highest BCUT2D eigenvalue weighted by molar-refractivity contribution is 7.89. The molecule has 2 aromatic carbocycles. The average Bonchev–Trinajstić information content (AvgIpc) is 2.67. The van der Waals surface area contributed by atoms with E-state index in [4.69, 9.17) is 9.47 Å². The Morgan fingerprint density at radius 1 is 1.19 bits per heavy atom. The molecule has 1 saturated heterocycles. The van der Waals surface area contributed by atoms with Crippen molar-refractivity contribution in [3.63, 3.8) is 0 Å². The van der Waals surface area contributed by atoms with E-state index in [-0.39, 0.29) is 6.10 Å². The van der Waals surface area contributed by atoms with E-state index in [0.717, 1.165) is 12.0 Å². The van der Waals surface area contributed by atoms with Crippen LogP contribution in [0.1, 0.15) is 29.7 Å². The molecule has 1 unspecified atom stereocenters. The highest BCUT2D eigenvalue weighted by atomic mass is 32.2. The molecule has 1 aliphatic rings. The van der Waals surface area contributed by atoms with Crippen molar-refractivity contribution in [2.24, 2.45) is 0 Å². The van der Waals surface area contributed by atoms with Gasteiger partial charge in [0.25, 0.3) is 0 Å². The molecule has 0 radical (unpaired) electrons. The van der Waals surface area contributed by atoms with E-state index < -0.39 is 10.0 Å². The first-order chi connectivity index (χ1) is 12.5. The number of hydrogen-bond acceptors (Lipinski definition) is 4. The number of sulfonamides is 1. The monoisotopic (exact) mass is 375 g/mol. The summed E-state index contributed by atoms with van der Waals surface area (Å²) < 4.78 is 38.8. The number of ether oxygens (including phenoxy) is 2. The van der Waals surface area contributed by atoms with Crippen LogP contribution in [-0.4, -0.2) is 39.5 Å². The van der Waals surface area contributed by atoms with Gasteiger partial charge in [0, 0.05) is 13.1 Å². The first kappa shape index (κ1) is 18.9. The summed E-state index contributed by atoms with van der Waals surface area (Å²) in [6.45, 7) is 4.96. The molecule has 1 fully saturated rings. The Morgan fingerprint density at radius 2 is 1.92 bits per heavy atom. The maximum Gasteiger partial charge on any atom is 0.243 e. The number of benzene rings is 2. The highest BCUT2D eigenvalue weighted by Gasteiger charge is 2.32. The second-order valence-corrected chi connectivity index (χ2v) is 8.36. The molecular weight excluding hydrogens is 350 g/mol. The van der Waals surface area contributed by atoms with Crippen molar-refractivity contribution in [1.29, 1.82) is 0 Å². The van der Waals surface area contributed by atoms with Crippen LogP contribution in [0.3, 0.4) is 0 Å². The quantitative estimate of drug-likeness (QED) is 0.804. The molecule has 0 spiro atoms. The van der Waals surface area contributed by atoms with Crippen LogP contribution in [0.4, 0.5) is 0 Å². The van der Waals surface area contributed by atoms with Crippen molar-refractivity contribution >= 4 is 10.0 Å². The average molecular weight is 375 g/mol. The highest BCUT2D eigenvalue weighted by Crippen LogP contribution is 2.29. The molecule has 140 valence electrons. The van der Waals surface area contributed by atoms with Gasteiger partial charge in [0.15, 0.2) is 0 Å². The summed E-state index contributed by atoms with van der Waals surface area (Å²) in [4.78, 5) is 0.320. The third kappa shape index (κ3) is 3.77. The van der Waals surface area contributed by atoms with Gasteiger partial charge in [0.1, 0.15) is 5.75 Å². The van der Waals surface area contributed by atoms with Crippen LogP contribution < -0.4 is 4.74 Å². The normalized spacial score (nSPS) is 18.7. The number of aryl methyl sites for hydroxylation is 2. The van der Waals surface area contributed by atoms with E-state index in [1.807, 2.05) is 12.1 Å². The zero-order valence-corrected chi connectivity index (χ0v) is 16.3. The molecule has 1 heterocycles. The van der Waals surface area contributed by atoms with E-state index in [0.29, 0.717) is 35.9 Å². The number of morpholine rings is 1. The van der Waals surface area contributed by atoms with Gasteiger partial charge in [-0.25, -0.2) is 8.42 Å². The van der Waals surface area contributed by atoms with Crippen LogP contribution in [0, 0.1) is 6.92 Å². The topological polar surface area (TPSA) is 55.8 Å². The molecule has 0 aliphatic carbocycles. The van der Waals surface area contributed by atoms with Crippen LogP contribution in [0.2, 0.25) is 0 Å². The largest absolute Gasteiger partial charge is 0.497 e. The van der Waals surface area contributed by atoms with Gasteiger partial charge in [-0.15, -0.1) is 0 Å². The van der Waals surface area contributed by atoms with Crippen LogP contribution in [-0.2, 0) is 21.2 Å². The van der Waals surface area contributed by atoms with Gasteiger partial charge in [0.2, 0.25) is 10.0 Å². The molecular formula is C20H25NO4S. The molecule has 26 heavy (non-hydrogen) atoms. The van der Waals surface area contributed by atoms with E-state index in [1.165, 1.54) is 9.87 Å². The van der Waals surface area contributed by atoms with Crippen molar-refractivity contribution in [3.05, 3.63) is 59.2 Å². The summed E-state index contributed by atoms with van der Waals surface area (Å²) in [5.41, 5.74) is 2.94. The van der Waals surface area contributed by atoms with Crippen molar-refractivity contribution in [1.82, 2.24) is 4.31 Å². The predicted octanol–water partition coefficient (Wildman–Crippen LogP) is 3.33. The number of nitrogens with zero attached hydrogens (tertiary/aromatic N) is 1. The van der Waals surface area contributed by atoms with Crippen LogP contribution >= 0.6 is 0 Å². The zero-order chi connectivity index (χ0) is 18.7. The predicted molar refractivity (Wildman–Crippen MR) is 101 cm³/mol. The summed E-state index contributed by atoms with van der Waals surface area (Å²) in [5.74, 6) is 0.650. The fraction of sp³-hybridized carbons (Fsp3) is 0.400. The molecule has 6 heteroatoms. The molecule has 5 nitrogen and oxygen atoms in total. The lowest BCUT2D eigenvalue weighted by molar-refractivity contribution is -0.00257. The lowest BCUT2D eigenvalue weighted by Crippen LogP contribution is -2.42. The van der Waals surface area contributed by atoms with Gasteiger partial charge in [-0.1, -0.05) is 31.2 Å². The molecule has 0 saturated carbocycles. The van der Waals surface area contributed by atoms with E-state index >= 15 is 0 Å². The van der Waals surface area contributed by atoms with Crippen LogP contribution in [0.5, 0.6) is 5.75 Å². The maximum absolute atomic E-state index is 13.1. The molecule has 1 aliphatic heterocycles. The Morgan fingerprint density at radius 3 is 2.54 bits per heavy atom. The third-order valence-electron chi connectivity index (χ3n) is 4.79. The van der Waals surface area contributed by atoms with Crippen molar-refractivity contribution in [2.75, 3.05) is 26.8 Å². The van der Waals surface area contributed by atoms with Crippen molar-refractivity contribution < 1.29 is 17.9 Å². The molecule has 0 bridgehead atoms. The van der Waals surface area contributed by atoms with Gasteiger partial charge in [-0.2, -0.15) is 4.31 Å². The third-order valence-corrected chi connectivity index (χ3v) is 6.81. The number of rotatable bonds is 5. The summed E-state index contributed by atoms with van der Waals surface area (Å²) in [5, 5.41) is 0. The number of hydrogen-bond donors (Lipinski definition) is 0. The fourth-order valence-electron chi connectivity index (χ4n) is 3.19. The minimum Gasteiger partial charge on any atom is -0.497 e. The first-order valence-electron chi connectivity index (χ1n) is 8.81. The summed E-state index contributed by atoms with van der Waals surface area (Å²) in [7, 11) is -2.00. The molecule has 0 N–H and O–H groups in total. The van der Waals surface area contributed by atoms with E-state index in [2.05, 4.69) is 19.1 Å². The minimum absolute atomic E-state index is 0.247.